The van der Waals surface area contributed by atoms with Crippen molar-refractivity contribution >= 4 is 49.5 Å². The summed E-state index contributed by atoms with van der Waals surface area (Å²) in [6, 6.07) is 13.2. The second-order valence-electron chi connectivity index (χ2n) is 5.32. The molecule has 114 valence electrons. The first-order valence-corrected chi connectivity index (χ1v) is 8.16. The maximum absolute atomic E-state index is 12.5. The highest BCUT2D eigenvalue weighted by atomic mass is 79.9. The molecule has 2 heterocycles. The topological polar surface area (TPSA) is 50.7 Å². The molecule has 1 N–H and O–H groups in total. The van der Waals surface area contributed by atoms with Gasteiger partial charge >= 0.3 is 0 Å². The molecular weight excluding hydrogens is 378 g/mol. The van der Waals surface area contributed by atoms with Crippen molar-refractivity contribution in [2.45, 2.75) is 0 Å². The summed E-state index contributed by atoms with van der Waals surface area (Å²) >= 11 is 9.71. The molecule has 23 heavy (non-hydrogen) atoms. The summed E-state index contributed by atoms with van der Waals surface area (Å²) < 4.78 is 2.69. The molecule has 0 saturated carbocycles. The van der Waals surface area contributed by atoms with Crippen LogP contribution in [0.4, 0.5) is 0 Å². The number of nitrogens with one attached hydrogen (secondary N) is 1. The zero-order valence-corrected chi connectivity index (χ0v) is 14.4. The smallest absolute Gasteiger partial charge is 0.274 e. The van der Waals surface area contributed by atoms with Crippen molar-refractivity contribution in [1.29, 1.82) is 0 Å². The number of hydrogen-bond acceptors (Lipinski definition) is 2. The third kappa shape index (κ3) is 2.19. The Labute approximate surface area is 144 Å². The van der Waals surface area contributed by atoms with Crippen LogP contribution in [0.25, 0.3) is 33.3 Å². The Hall–Kier alpha value is -2.11. The lowest BCUT2D eigenvalue weighted by Gasteiger charge is -2.04. The molecule has 0 aliphatic rings. The van der Waals surface area contributed by atoms with Crippen LogP contribution >= 0.6 is 27.5 Å². The fourth-order valence-electron chi connectivity index (χ4n) is 2.84. The molecule has 0 unspecified atom stereocenters. The lowest BCUT2D eigenvalue weighted by Crippen LogP contribution is -2.09. The number of aromatic nitrogens is 3. The third-order valence-electron chi connectivity index (χ3n) is 3.91. The van der Waals surface area contributed by atoms with Crippen molar-refractivity contribution in [3.63, 3.8) is 0 Å². The van der Waals surface area contributed by atoms with Crippen molar-refractivity contribution in [2.24, 2.45) is 7.05 Å². The summed E-state index contributed by atoms with van der Waals surface area (Å²) in [5.74, 6) is 0.673. The van der Waals surface area contributed by atoms with Gasteiger partial charge in [-0.2, -0.15) is 0 Å². The lowest BCUT2D eigenvalue weighted by atomic mass is 10.2. The first kappa shape index (κ1) is 14.5. The largest absolute Gasteiger partial charge is 0.323 e. The molecule has 0 fully saturated rings. The number of aromatic amines is 1. The van der Waals surface area contributed by atoms with Crippen LogP contribution in [0.1, 0.15) is 0 Å². The van der Waals surface area contributed by atoms with Crippen LogP contribution in [0, 0.1) is 0 Å². The molecule has 0 amide bonds. The number of hydrogen-bond donors (Lipinski definition) is 1. The van der Waals surface area contributed by atoms with Crippen LogP contribution < -0.4 is 5.56 Å². The molecule has 4 nitrogen and oxygen atoms in total. The Morgan fingerprint density at radius 3 is 2.78 bits per heavy atom. The number of aryl methyl sites for hydroxylation is 1. The van der Waals surface area contributed by atoms with Crippen LogP contribution in [0.5, 0.6) is 0 Å². The number of H-pyrrole nitrogens is 1. The Balaban J connectivity index is 2.16. The number of halogens is 2. The predicted molar refractivity (Wildman–Crippen MR) is 97.0 cm³/mol. The van der Waals surface area contributed by atoms with E-state index in [1.54, 1.807) is 4.57 Å². The molecule has 0 spiro atoms. The summed E-state index contributed by atoms with van der Waals surface area (Å²) in [6.45, 7) is 0. The molecule has 0 bridgehead atoms. The summed E-state index contributed by atoms with van der Waals surface area (Å²) in [5, 5.41) is 1.51. The van der Waals surface area contributed by atoms with Gasteiger partial charge in [-0.3, -0.25) is 4.79 Å². The molecule has 0 aliphatic heterocycles. The fraction of sp³-hybridized carbons (Fsp3) is 0.0588. The van der Waals surface area contributed by atoms with Gasteiger partial charge in [-0.25, -0.2) is 4.98 Å². The molecule has 0 radical (unpaired) electrons. The molecule has 0 atom stereocenters. The molecule has 2 aromatic heterocycles. The van der Waals surface area contributed by atoms with Crippen molar-refractivity contribution in [2.75, 3.05) is 0 Å². The van der Waals surface area contributed by atoms with E-state index < -0.39 is 0 Å². The average molecular weight is 389 g/mol. The molecule has 2 aromatic carbocycles. The van der Waals surface area contributed by atoms with Crippen molar-refractivity contribution in [3.8, 4) is 11.4 Å². The monoisotopic (exact) mass is 387 g/mol. The third-order valence-corrected chi connectivity index (χ3v) is 4.73. The fourth-order valence-corrected chi connectivity index (χ4v) is 3.42. The molecular formula is C17H11BrClN3O. The van der Waals surface area contributed by atoms with Crippen LogP contribution in [-0.2, 0) is 7.05 Å². The van der Waals surface area contributed by atoms with Gasteiger partial charge in [0, 0.05) is 22.5 Å². The van der Waals surface area contributed by atoms with E-state index in [4.69, 9.17) is 16.6 Å². The summed E-state index contributed by atoms with van der Waals surface area (Å²) in [4.78, 5) is 20.1. The van der Waals surface area contributed by atoms with E-state index >= 15 is 0 Å². The summed E-state index contributed by atoms with van der Waals surface area (Å²) in [6.07, 6.45) is 0. The average Bonchev–Trinajstić information content (AvgIpc) is 2.86. The van der Waals surface area contributed by atoms with Gasteiger partial charge in [-0.15, -0.1) is 0 Å². The van der Waals surface area contributed by atoms with Gasteiger partial charge in [0.05, 0.1) is 10.5 Å². The second-order valence-corrected chi connectivity index (χ2v) is 6.64. The molecule has 4 rings (SSSR count). The van der Waals surface area contributed by atoms with E-state index in [0.29, 0.717) is 21.9 Å². The van der Waals surface area contributed by atoms with Crippen LogP contribution in [0.3, 0.4) is 0 Å². The second kappa shape index (κ2) is 5.22. The van der Waals surface area contributed by atoms with Crippen LogP contribution in [0.15, 0.2) is 51.7 Å². The van der Waals surface area contributed by atoms with E-state index in [-0.39, 0.29) is 5.56 Å². The number of imidazole rings is 1. The highest BCUT2D eigenvalue weighted by Gasteiger charge is 2.17. The minimum absolute atomic E-state index is 0.168. The van der Waals surface area contributed by atoms with Gasteiger partial charge in [-0.05, 0) is 30.3 Å². The standard InChI is InChI=1S/C17H11BrClN3O/c1-22-15-14(21-16(22)10-4-2-3-5-12(10)19)11-7-6-9(18)8-13(11)20-17(15)23/h2-8H,1H3,(H,20,23). The summed E-state index contributed by atoms with van der Waals surface area (Å²) in [7, 11) is 1.83. The maximum atomic E-state index is 12.5. The first-order chi connectivity index (χ1) is 11.1. The number of benzene rings is 2. The van der Waals surface area contributed by atoms with E-state index in [2.05, 4.69) is 20.9 Å². The quantitative estimate of drug-likeness (QED) is 0.522. The van der Waals surface area contributed by atoms with E-state index in [1.165, 1.54) is 0 Å². The number of fused-ring (bicyclic) bond motifs is 3. The predicted octanol–water partition coefficient (Wildman–Crippen LogP) is 4.50. The number of nitrogens with zero attached hydrogens (tertiary/aromatic N) is 2. The highest BCUT2D eigenvalue weighted by Crippen LogP contribution is 2.31. The van der Waals surface area contributed by atoms with E-state index in [9.17, 15) is 4.79 Å². The first-order valence-electron chi connectivity index (χ1n) is 6.99. The van der Waals surface area contributed by atoms with Crippen molar-refractivity contribution < 1.29 is 0 Å². The van der Waals surface area contributed by atoms with Gasteiger partial charge in [-0.1, -0.05) is 39.7 Å². The van der Waals surface area contributed by atoms with Gasteiger partial charge in [0.15, 0.2) is 0 Å². The zero-order valence-electron chi connectivity index (χ0n) is 12.1. The zero-order chi connectivity index (χ0) is 16.1. The Morgan fingerprint density at radius 1 is 1.22 bits per heavy atom. The minimum Gasteiger partial charge on any atom is -0.323 e. The maximum Gasteiger partial charge on any atom is 0.274 e. The number of pyridine rings is 1. The summed E-state index contributed by atoms with van der Waals surface area (Å²) in [5.41, 5.74) is 2.60. The van der Waals surface area contributed by atoms with Crippen LogP contribution in [0.2, 0.25) is 5.02 Å². The van der Waals surface area contributed by atoms with Crippen molar-refractivity contribution in [1.82, 2.24) is 14.5 Å². The van der Waals surface area contributed by atoms with Gasteiger partial charge in [0.1, 0.15) is 16.9 Å². The Bertz CT molecular complexity index is 1130. The van der Waals surface area contributed by atoms with Crippen molar-refractivity contribution in [3.05, 3.63) is 62.3 Å². The number of rotatable bonds is 1. The molecule has 6 heteroatoms. The van der Waals surface area contributed by atoms with Gasteiger partial charge in [0.2, 0.25) is 0 Å². The van der Waals surface area contributed by atoms with Gasteiger partial charge < -0.3 is 9.55 Å². The van der Waals surface area contributed by atoms with E-state index in [0.717, 1.165) is 20.9 Å². The van der Waals surface area contributed by atoms with Crippen LogP contribution in [-0.4, -0.2) is 14.5 Å². The molecule has 0 aliphatic carbocycles. The normalized spacial score (nSPS) is 11.4. The molecule has 0 saturated heterocycles. The molecule has 4 aromatic rings. The van der Waals surface area contributed by atoms with E-state index in [1.807, 2.05) is 49.5 Å². The Kier molecular flexibility index (Phi) is 3.28. The Morgan fingerprint density at radius 2 is 2.00 bits per heavy atom. The lowest BCUT2D eigenvalue weighted by molar-refractivity contribution is 0.951. The SMILES string of the molecule is Cn1c(-c2ccccc2Cl)nc2c3ccc(Br)cc3[nH]c(=O)c21. The highest BCUT2D eigenvalue weighted by molar-refractivity contribution is 9.10. The van der Waals surface area contributed by atoms with Gasteiger partial charge in [0.25, 0.3) is 5.56 Å². The minimum atomic E-state index is -0.168.